The summed E-state index contributed by atoms with van der Waals surface area (Å²) in [7, 11) is -1.54. The van der Waals surface area contributed by atoms with E-state index >= 15 is 0 Å². The molecular weight excluding hydrogens is 298 g/mol. The van der Waals surface area contributed by atoms with Gasteiger partial charge in [-0.15, -0.1) is 0 Å². The topological polar surface area (TPSA) is 103 Å². The lowest BCUT2D eigenvalue weighted by molar-refractivity contribution is 0.598. The van der Waals surface area contributed by atoms with Gasteiger partial charge in [-0.2, -0.15) is 9.47 Å². The third-order valence-electron chi connectivity index (χ3n) is 2.92. The van der Waals surface area contributed by atoms with Gasteiger partial charge in [0.15, 0.2) is 15.7 Å². The van der Waals surface area contributed by atoms with Crippen LogP contribution in [0.3, 0.4) is 0 Å². The van der Waals surface area contributed by atoms with Gasteiger partial charge in [-0.05, 0) is 18.5 Å². The van der Waals surface area contributed by atoms with Gasteiger partial charge in [-0.25, -0.2) is 8.42 Å². The summed E-state index contributed by atoms with van der Waals surface area (Å²) in [4.78, 5) is 0.103. The van der Waals surface area contributed by atoms with Crippen LogP contribution in [0.5, 0.6) is 0 Å². The molecule has 2 aromatic heterocycles. The number of anilines is 2. The molecule has 2 aromatic rings. The second-order valence-electron chi connectivity index (χ2n) is 4.40. The third kappa shape index (κ3) is 2.78. The molecule has 2 rings (SSSR count). The van der Waals surface area contributed by atoms with E-state index in [0.29, 0.717) is 11.5 Å². The summed E-state index contributed by atoms with van der Waals surface area (Å²) in [6, 6.07) is 0. The molecule has 0 aliphatic carbocycles. The van der Waals surface area contributed by atoms with E-state index in [-0.39, 0.29) is 16.5 Å². The Bertz CT molecular complexity index is 717. The van der Waals surface area contributed by atoms with Crippen molar-refractivity contribution in [3.8, 4) is 0 Å². The first-order valence-corrected chi connectivity index (χ1v) is 8.48. The van der Waals surface area contributed by atoms with E-state index in [1.807, 2.05) is 20.2 Å². The average molecular weight is 315 g/mol. The largest absolute Gasteiger partial charge is 0.382 e. The van der Waals surface area contributed by atoms with E-state index in [2.05, 4.69) is 14.8 Å². The first-order chi connectivity index (χ1) is 9.35. The minimum Gasteiger partial charge on any atom is -0.382 e. The summed E-state index contributed by atoms with van der Waals surface area (Å²) in [5.41, 5.74) is 7.57. The first-order valence-electron chi connectivity index (χ1n) is 6.06. The van der Waals surface area contributed by atoms with Crippen molar-refractivity contribution in [3.63, 3.8) is 0 Å². The van der Waals surface area contributed by atoms with Gasteiger partial charge >= 0.3 is 0 Å². The van der Waals surface area contributed by atoms with E-state index in [0.717, 1.165) is 22.8 Å². The molecule has 0 atom stereocenters. The van der Waals surface area contributed by atoms with Gasteiger partial charge in [0.05, 0.1) is 11.4 Å². The van der Waals surface area contributed by atoms with Gasteiger partial charge in [-0.3, -0.25) is 4.68 Å². The molecule has 0 saturated heterocycles. The number of sulfone groups is 1. The second kappa shape index (κ2) is 5.41. The number of rotatable bonds is 5. The predicted molar refractivity (Wildman–Crippen MR) is 79.5 cm³/mol. The third-order valence-corrected chi connectivity index (χ3v) is 5.66. The summed E-state index contributed by atoms with van der Waals surface area (Å²) in [6.07, 6.45) is 1.89. The molecular formula is C11H17N5O2S2. The van der Waals surface area contributed by atoms with Crippen LogP contribution in [0.25, 0.3) is 0 Å². The van der Waals surface area contributed by atoms with Crippen molar-refractivity contribution in [2.45, 2.75) is 25.3 Å². The highest BCUT2D eigenvalue weighted by Crippen LogP contribution is 2.32. The highest BCUT2D eigenvalue weighted by Gasteiger charge is 2.23. The van der Waals surface area contributed by atoms with Crippen LogP contribution in [-0.2, 0) is 23.4 Å². The molecule has 0 unspecified atom stereocenters. The van der Waals surface area contributed by atoms with Crippen molar-refractivity contribution >= 4 is 32.2 Å². The Morgan fingerprint density at radius 2 is 2.20 bits per heavy atom. The Morgan fingerprint density at radius 1 is 1.50 bits per heavy atom. The molecule has 0 radical (unpaired) electrons. The van der Waals surface area contributed by atoms with Crippen LogP contribution in [0.4, 0.5) is 10.8 Å². The van der Waals surface area contributed by atoms with Gasteiger partial charge in [0.25, 0.3) is 0 Å². The van der Waals surface area contributed by atoms with E-state index in [1.54, 1.807) is 11.6 Å². The molecule has 0 saturated carbocycles. The normalized spacial score (nSPS) is 11.8. The van der Waals surface area contributed by atoms with Crippen LogP contribution >= 0.6 is 11.5 Å². The monoisotopic (exact) mass is 315 g/mol. The Hall–Kier alpha value is -1.61. The van der Waals surface area contributed by atoms with Crippen LogP contribution in [-0.4, -0.2) is 28.3 Å². The van der Waals surface area contributed by atoms with E-state index in [9.17, 15) is 8.42 Å². The summed E-state index contributed by atoms with van der Waals surface area (Å²) in [6.45, 7) is 3.97. The standard InChI is InChI=1S/C11H17N5O2S2/c1-4-20(17,18)9-10(12)15-19-11(9)13-5-8-6-16(3)14-7(8)2/h6,13H,4-5H2,1-3H3,(H2,12,15). The minimum atomic E-state index is -3.39. The van der Waals surface area contributed by atoms with Gasteiger partial charge in [-0.1, -0.05) is 6.92 Å². The number of aryl methyl sites for hydroxylation is 2. The second-order valence-corrected chi connectivity index (χ2v) is 7.38. The smallest absolute Gasteiger partial charge is 0.184 e. The molecule has 20 heavy (non-hydrogen) atoms. The van der Waals surface area contributed by atoms with E-state index in [4.69, 9.17) is 5.73 Å². The Kier molecular flexibility index (Phi) is 4.00. The van der Waals surface area contributed by atoms with Gasteiger partial charge in [0.1, 0.15) is 9.90 Å². The molecule has 2 heterocycles. The summed E-state index contributed by atoms with van der Waals surface area (Å²) < 4.78 is 29.7. The van der Waals surface area contributed by atoms with Crippen LogP contribution in [0.15, 0.2) is 11.1 Å². The van der Waals surface area contributed by atoms with Gasteiger partial charge in [0.2, 0.25) is 0 Å². The number of nitrogens with two attached hydrogens (primary N) is 1. The van der Waals surface area contributed by atoms with Crippen molar-refractivity contribution in [1.82, 2.24) is 14.2 Å². The van der Waals surface area contributed by atoms with Crippen molar-refractivity contribution in [1.29, 1.82) is 0 Å². The molecule has 0 bridgehead atoms. The maximum atomic E-state index is 12.0. The lowest BCUT2D eigenvalue weighted by atomic mass is 10.3. The minimum absolute atomic E-state index is 0.00376. The van der Waals surface area contributed by atoms with Crippen molar-refractivity contribution in [2.24, 2.45) is 7.05 Å². The molecule has 0 fully saturated rings. The van der Waals surface area contributed by atoms with Crippen LogP contribution < -0.4 is 11.1 Å². The Balaban J connectivity index is 2.25. The lowest BCUT2D eigenvalue weighted by Crippen LogP contribution is -2.09. The maximum Gasteiger partial charge on any atom is 0.184 e. The number of nitrogen functional groups attached to an aromatic ring is 1. The molecule has 7 nitrogen and oxygen atoms in total. The first kappa shape index (κ1) is 14.8. The van der Waals surface area contributed by atoms with Crippen LogP contribution in [0.1, 0.15) is 18.2 Å². The zero-order valence-corrected chi connectivity index (χ0v) is 13.2. The van der Waals surface area contributed by atoms with Crippen molar-refractivity contribution in [2.75, 3.05) is 16.8 Å². The number of hydrogen-bond acceptors (Lipinski definition) is 7. The molecule has 0 spiro atoms. The van der Waals surface area contributed by atoms with Gasteiger partial charge in [0, 0.05) is 25.4 Å². The molecule has 0 aliphatic rings. The zero-order valence-electron chi connectivity index (χ0n) is 11.5. The molecule has 110 valence electrons. The number of nitrogens with zero attached hydrogens (tertiary/aromatic N) is 3. The summed E-state index contributed by atoms with van der Waals surface area (Å²) in [5.74, 6) is 0.0539. The predicted octanol–water partition coefficient (Wildman–Crippen LogP) is 1.17. The number of hydrogen-bond donors (Lipinski definition) is 2. The fourth-order valence-electron chi connectivity index (χ4n) is 1.85. The molecule has 3 N–H and O–H groups in total. The highest BCUT2D eigenvalue weighted by molar-refractivity contribution is 7.91. The van der Waals surface area contributed by atoms with E-state index in [1.165, 1.54) is 0 Å². The van der Waals surface area contributed by atoms with Crippen LogP contribution in [0, 0.1) is 6.92 Å². The highest BCUT2D eigenvalue weighted by atomic mass is 32.2. The number of nitrogens with one attached hydrogen (secondary N) is 1. The van der Waals surface area contributed by atoms with Crippen molar-refractivity contribution < 1.29 is 8.42 Å². The quantitative estimate of drug-likeness (QED) is 0.858. The molecule has 0 aliphatic heterocycles. The fraction of sp³-hybridized carbons (Fsp3) is 0.455. The maximum absolute atomic E-state index is 12.0. The summed E-state index contributed by atoms with van der Waals surface area (Å²) >= 11 is 1.06. The summed E-state index contributed by atoms with van der Waals surface area (Å²) in [5, 5.41) is 7.81. The van der Waals surface area contributed by atoms with Crippen LogP contribution in [0.2, 0.25) is 0 Å². The average Bonchev–Trinajstić information content (AvgIpc) is 2.90. The zero-order chi connectivity index (χ0) is 14.9. The van der Waals surface area contributed by atoms with Gasteiger partial charge < -0.3 is 11.1 Å². The Labute approximate surface area is 121 Å². The fourth-order valence-corrected chi connectivity index (χ4v) is 4.01. The number of aromatic nitrogens is 3. The van der Waals surface area contributed by atoms with Crippen molar-refractivity contribution in [3.05, 3.63) is 17.5 Å². The molecule has 9 heteroatoms. The molecule has 0 amide bonds. The Morgan fingerprint density at radius 3 is 2.75 bits per heavy atom. The van der Waals surface area contributed by atoms with E-state index < -0.39 is 9.84 Å². The SMILES string of the molecule is CCS(=O)(=O)c1c(N)nsc1NCc1cn(C)nc1C. The molecule has 0 aromatic carbocycles. The lowest BCUT2D eigenvalue weighted by Gasteiger charge is -2.06.